The van der Waals surface area contributed by atoms with E-state index in [0.29, 0.717) is 13.0 Å². The van der Waals surface area contributed by atoms with Gasteiger partial charge in [-0.2, -0.15) is 0 Å². The average Bonchev–Trinajstić information content (AvgIpc) is 3.11. The lowest BCUT2D eigenvalue weighted by Gasteiger charge is -2.05. The molecule has 0 saturated carbocycles. The van der Waals surface area contributed by atoms with Crippen molar-refractivity contribution in [2.75, 3.05) is 6.54 Å². The Kier molecular flexibility index (Phi) is 5.89. The predicted octanol–water partition coefficient (Wildman–Crippen LogP) is 4.20. The van der Waals surface area contributed by atoms with Crippen molar-refractivity contribution in [3.63, 3.8) is 0 Å². The molecular formula is C21H20N2O4. The van der Waals surface area contributed by atoms with E-state index in [1.165, 1.54) is 0 Å². The van der Waals surface area contributed by atoms with Gasteiger partial charge in [-0.15, -0.1) is 0 Å². The first-order valence-corrected chi connectivity index (χ1v) is 8.59. The van der Waals surface area contributed by atoms with Crippen LogP contribution >= 0.6 is 0 Å². The van der Waals surface area contributed by atoms with Crippen LogP contribution in [0.4, 0.5) is 4.79 Å². The van der Waals surface area contributed by atoms with Gasteiger partial charge in [0, 0.05) is 17.4 Å². The van der Waals surface area contributed by atoms with Gasteiger partial charge in [0.15, 0.2) is 0 Å². The van der Waals surface area contributed by atoms with Gasteiger partial charge in [0.25, 0.3) is 0 Å². The monoisotopic (exact) mass is 364 g/mol. The molecule has 3 aromatic rings. The molecule has 138 valence electrons. The molecule has 0 saturated heterocycles. The van der Waals surface area contributed by atoms with Crippen molar-refractivity contribution in [3.8, 4) is 0 Å². The van der Waals surface area contributed by atoms with E-state index in [1.807, 2.05) is 60.7 Å². The Morgan fingerprint density at radius 3 is 2.70 bits per heavy atom. The summed E-state index contributed by atoms with van der Waals surface area (Å²) in [5.41, 5.74) is 2.84. The number of aromatic carboxylic acids is 1. The van der Waals surface area contributed by atoms with E-state index in [-0.39, 0.29) is 12.3 Å². The van der Waals surface area contributed by atoms with Gasteiger partial charge in [-0.25, -0.2) is 9.59 Å². The number of benzene rings is 2. The quantitative estimate of drug-likeness (QED) is 0.548. The highest BCUT2D eigenvalue weighted by atomic mass is 16.5. The molecule has 27 heavy (non-hydrogen) atoms. The average molecular weight is 364 g/mol. The Labute approximate surface area is 156 Å². The Morgan fingerprint density at radius 2 is 1.93 bits per heavy atom. The van der Waals surface area contributed by atoms with Gasteiger partial charge in [0.05, 0.1) is 0 Å². The molecule has 3 rings (SSSR count). The predicted molar refractivity (Wildman–Crippen MR) is 104 cm³/mol. The number of ether oxygens (including phenoxy) is 1. The number of amides is 1. The van der Waals surface area contributed by atoms with E-state index in [4.69, 9.17) is 9.84 Å². The van der Waals surface area contributed by atoms with Crippen LogP contribution in [0.3, 0.4) is 0 Å². The summed E-state index contributed by atoms with van der Waals surface area (Å²) in [7, 11) is 0. The summed E-state index contributed by atoms with van der Waals surface area (Å²) in [6, 6.07) is 16.8. The third-order valence-electron chi connectivity index (χ3n) is 3.98. The minimum Gasteiger partial charge on any atom is -0.477 e. The van der Waals surface area contributed by atoms with E-state index >= 15 is 0 Å². The van der Waals surface area contributed by atoms with Gasteiger partial charge in [0.1, 0.15) is 12.3 Å². The van der Waals surface area contributed by atoms with Crippen LogP contribution in [0.2, 0.25) is 0 Å². The summed E-state index contributed by atoms with van der Waals surface area (Å²) in [6.45, 7) is 0.717. The molecular weight excluding hydrogens is 344 g/mol. The molecule has 1 heterocycles. The Morgan fingerprint density at radius 1 is 1.11 bits per heavy atom. The zero-order valence-electron chi connectivity index (χ0n) is 14.6. The minimum absolute atomic E-state index is 0.171. The largest absolute Gasteiger partial charge is 0.477 e. The molecule has 0 bridgehead atoms. The number of fused-ring (bicyclic) bond motifs is 1. The number of hydrogen-bond acceptors (Lipinski definition) is 3. The smallest absolute Gasteiger partial charge is 0.407 e. The third kappa shape index (κ3) is 5.22. The minimum atomic E-state index is -0.978. The molecule has 0 unspecified atom stereocenters. The van der Waals surface area contributed by atoms with Crippen LogP contribution in [-0.4, -0.2) is 28.7 Å². The maximum atomic E-state index is 11.6. The number of carbonyl (C=O) groups excluding carboxylic acids is 1. The first-order chi connectivity index (χ1) is 13.1. The summed E-state index contributed by atoms with van der Waals surface area (Å²) in [5.74, 6) is -0.978. The van der Waals surface area contributed by atoms with Crippen molar-refractivity contribution in [1.82, 2.24) is 10.3 Å². The van der Waals surface area contributed by atoms with Gasteiger partial charge in [-0.1, -0.05) is 54.6 Å². The van der Waals surface area contributed by atoms with Gasteiger partial charge in [-0.3, -0.25) is 0 Å². The van der Waals surface area contributed by atoms with E-state index in [1.54, 1.807) is 6.07 Å². The highest BCUT2D eigenvalue weighted by Crippen LogP contribution is 2.18. The van der Waals surface area contributed by atoms with Crippen molar-refractivity contribution in [3.05, 3.63) is 77.5 Å². The first-order valence-electron chi connectivity index (χ1n) is 8.59. The van der Waals surface area contributed by atoms with Crippen molar-refractivity contribution < 1.29 is 19.4 Å². The third-order valence-corrected chi connectivity index (χ3v) is 3.98. The summed E-state index contributed by atoms with van der Waals surface area (Å²) in [4.78, 5) is 25.5. The van der Waals surface area contributed by atoms with Crippen molar-refractivity contribution in [1.29, 1.82) is 0 Å². The number of alkyl carbamates (subject to hydrolysis) is 1. The number of rotatable bonds is 7. The molecule has 6 nitrogen and oxygen atoms in total. The van der Waals surface area contributed by atoms with Crippen molar-refractivity contribution in [2.24, 2.45) is 0 Å². The Hall–Kier alpha value is -3.54. The van der Waals surface area contributed by atoms with Crippen LogP contribution in [0.25, 0.3) is 17.0 Å². The SMILES string of the molecule is O=C(NCCC=Cc1ccc2cc(C(=O)O)[nH]c2c1)OCc1ccccc1. The van der Waals surface area contributed by atoms with Crippen LogP contribution in [-0.2, 0) is 11.3 Å². The van der Waals surface area contributed by atoms with E-state index in [2.05, 4.69) is 10.3 Å². The highest BCUT2D eigenvalue weighted by Gasteiger charge is 2.07. The normalized spacial score (nSPS) is 11.0. The molecule has 1 amide bonds. The second-order valence-electron chi connectivity index (χ2n) is 6.01. The van der Waals surface area contributed by atoms with Crippen molar-refractivity contribution >= 4 is 29.0 Å². The molecule has 0 atom stereocenters. The topological polar surface area (TPSA) is 91.4 Å². The number of hydrogen-bond donors (Lipinski definition) is 3. The fourth-order valence-electron chi connectivity index (χ4n) is 2.61. The molecule has 0 aliphatic carbocycles. The lowest BCUT2D eigenvalue weighted by molar-refractivity contribution is 0.0691. The second-order valence-corrected chi connectivity index (χ2v) is 6.01. The number of aromatic amines is 1. The maximum Gasteiger partial charge on any atom is 0.407 e. The van der Waals surface area contributed by atoms with Crippen molar-refractivity contribution in [2.45, 2.75) is 13.0 Å². The maximum absolute atomic E-state index is 11.6. The molecule has 0 radical (unpaired) electrons. The summed E-state index contributed by atoms with van der Waals surface area (Å²) >= 11 is 0. The Balaban J connectivity index is 1.43. The highest BCUT2D eigenvalue weighted by molar-refractivity contribution is 5.94. The summed E-state index contributed by atoms with van der Waals surface area (Å²) in [6.07, 6.45) is 4.09. The van der Waals surface area contributed by atoms with Gasteiger partial charge >= 0.3 is 12.1 Å². The first kappa shape index (κ1) is 18.3. The van der Waals surface area contributed by atoms with Gasteiger partial charge in [-0.05, 0) is 29.7 Å². The fourth-order valence-corrected chi connectivity index (χ4v) is 2.61. The molecule has 0 aliphatic rings. The molecule has 3 N–H and O–H groups in total. The van der Waals surface area contributed by atoms with Crippen LogP contribution in [0.15, 0.2) is 60.7 Å². The molecule has 6 heteroatoms. The number of aromatic nitrogens is 1. The molecule has 0 spiro atoms. The summed E-state index contributed by atoms with van der Waals surface area (Å²) in [5, 5.41) is 12.6. The van der Waals surface area contributed by atoms with Crippen LogP contribution < -0.4 is 5.32 Å². The van der Waals surface area contributed by atoms with E-state index in [9.17, 15) is 9.59 Å². The Bertz CT molecular complexity index is 961. The number of nitrogens with one attached hydrogen (secondary N) is 2. The van der Waals surface area contributed by atoms with E-state index in [0.717, 1.165) is 22.0 Å². The van der Waals surface area contributed by atoms with Gasteiger partial charge in [0.2, 0.25) is 0 Å². The fraction of sp³-hybridized carbons (Fsp3) is 0.143. The lowest BCUT2D eigenvalue weighted by atomic mass is 10.1. The van der Waals surface area contributed by atoms with Crippen LogP contribution in [0.5, 0.6) is 0 Å². The molecule has 1 aromatic heterocycles. The van der Waals surface area contributed by atoms with Crippen LogP contribution in [0.1, 0.15) is 28.0 Å². The standard InChI is InChI=1S/C21H20N2O4/c24-20(25)19-13-17-10-9-15(12-18(17)23-19)6-4-5-11-22-21(26)27-14-16-7-2-1-3-8-16/h1-4,6-10,12-13,23H,5,11,14H2,(H,22,26)(H,24,25). The number of carboxylic acid groups (broad SMARTS) is 1. The number of carboxylic acids is 1. The number of H-pyrrole nitrogens is 1. The molecule has 2 aromatic carbocycles. The molecule has 0 fully saturated rings. The zero-order valence-corrected chi connectivity index (χ0v) is 14.6. The second kappa shape index (κ2) is 8.71. The molecule has 0 aliphatic heterocycles. The lowest BCUT2D eigenvalue weighted by Crippen LogP contribution is -2.24. The van der Waals surface area contributed by atoms with E-state index < -0.39 is 12.1 Å². The van der Waals surface area contributed by atoms with Crippen LogP contribution in [0, 0.1) is 0 Å². The number of carbonyl (C=O) groups is 2. The zero-order chi connectivity index (χ0) is 19.1. The van der Waals surface area contributed by atoms with Gasteiger partial charge < -0.3 is 20.1 Å². The summed E-state index contributed by atoms with van der Waals surface area (Å²) < 4.78 is 5.14.